The molecule has 3 rings (SSSR count). The molecule has 2 aromatic carbocycles. The summed E-state index contributed by atoms with van der Waals surface area (Å²) < 4.78 is 37.7. The Bertz CT molecular complexity index is 915. The van der Waals surface area contributed by atoms with Crippen molar-refractivity contribution in [3.63, 3.8) is 0 Å². The van der Waals surface area contributed by atoms with Gasteiger partial charge in [-0.2, -0.15) is 13.2 Å². The molecule has 0 bridgehead atoms. The number of hydrogen-bond donors (Lipinski definition) is 2. The maximum atomic E-state index is 12.6. The van der Waals surface area contributed by atoms with Gasteiger partial charge < -0.3 is 10.6 Å². The SMILES string of the molecule is O=C(/C=C/c1ccc(C(F)(F)F)cc1)NCc1cccc(NC(=O)C2CCCC2)c1. The van der Waals surface area contributed by atoms with Crippen LogP contribution in [0.2, 0.25) is 0 Å². The predicted molar refractivity (Wildman–Crippen MR) is 109 cm³/mol. The summed E-state index contributed by atoms with van der Waals surface area (Å²) in [4.78, 5) is 24.2. The molecule has 1 aliphatic carbocycles. The molecule has 0 spiro atoms. The summed E-state index contributed by atoms with van der Waals surface area (Å²) in [5.41, 5.74) is 1.29. The van der Waals surface area contributed by atoms with Gasteiger partial charge in [0.1, 0.15) is 0 Å². The van der Waals surface area contributed by atoms with Gasteiger partial charge in [-0.1, -0.05) is 37.1 Å². The maximum absolute atomic E-state index is 12.6. The lowest BCUT2D eigenvalue weighted by Crippen LogP contribution is -2.21. The van der Waals surface area contributed by atoms with Crippen LogP contribution in [0.25, 0.3) is 6.08 Å². The van der Waals surface area contributed by atoms with Crippen LogP contribution in [0, 0.1) is 5.92 Å². The first-order valence-electron chi connectivity index (χ1n) is 9.84. The summed E-state index contributed by atoms with van der Waals surface area (Å²) in [5.74, 6) is -0.257. The van der Waals surface area contributed by atoms with Gasteiger partial charge in [-0.3, -0.25) is 9.59 Å². The average Bonchev–Trinajstić information content (AvgIpc) is 3.26. The normalized spacial score (nSPS) is 14.8. The van der Waals surface area contributed by atoms with Gasteiger partial charge in [0.05, 0.1) is 5.56 Å². The molecule has 1 fully saturated rings. The fraction of sp³-hybridized carbons (Fsp3) is 0.304. The highest BCUT2D eigenvalue weighted by Crippen LogP contribution is 2.29. The third kappa shape index (κ3) is 6.20. The van der Waals surface area contributed by atoms with Crippen LogP contribution in [0.3, 0.4) is 0 Å². The van der Waals surface area contributed by atoms with Crippen LogP contribution in [0.15, 0.2) is 54.6 Å². The van der Waals surface area contributed by atoms with Crippen LogP contribution < -0.4 is 10.6 Å². The second kappa shape index (κ2) is 9.61. The minimum absolute atomic E-state index is 0.0353. The van der Waals surface area contributed by atoms with Crippen molar-refractivity contribution in [1.29, 1.82) is 0 Å². The van der Waals surface area contributed by atoms with E-state index in [-0.39, 0.29) is 24.3 Å². The number of anilines is 1. The van der Waals surface area contributed by atoms with Gasteiger partial charge in [-0.25, -0.2) is 0 Å². The van der Waals surface area contributed by atoms with E-state index in [9.17, 15) is 22.8 Å². The highest BCUT2D eigenvalue weighted by Gasteiger charge is 2.29. The van der Waals surface area contributed by atoms with E-state index in [0.29, 0.717) is 11.3 Å². The molecule has 1 saturated carbocycles. The molecule has 0 heterocycles. The van der Waals surface area contributed by atoms with Gasteiger partial charge in [0.25, 0.3) is 0 Å². The number of benzene rings is 2. The van der Waals surface area contributed by atoms with E-state index in [0.717, 1.165) is 43.4 Å². The molecule has 7 heteroatoms. The fourth-order valence-corrected chi connectivity index (χ4v) is 3.39. The van der Waals surface area contributed by atoms with Gasteiger partial charge in [-0.05, 0) is 54.3 Å². The van der Waals surface area contributed by atoms with E-state index in [4.69, 9.17) is 0 Å². The molecular weight excluding hydrogens is 393 g/mol. The summed E-state index contributed by atoms with van der Waals surface area (Å²) in [7, 11) is 0. The number of hydrogen-bond acceptors (Lipinski definition) is 2. The zero-order valence-corrected chi connectivity index (χ0v) is 16.3. The quantitative estimate of drug-likeness (QED) is 0.639. The van der Waals surface area contributed by atoms with Gasteiger partial charge in [0.2, 0.25) is 11.8 Å². The highest BCUT2D eigenvalue weighted by molar-refractivity contribution is 5.93. The number of carbonyl (C=O) groups is 2. The van der Waals surface area contributed by atoms with Crippen molar-refractivity contribution in [2.45, 2.75) is 38.4 Å². The third-order valence-corrected chi connectivity index (χ3v) is 5.05. The van der Waals surface area contributed by atoms with Crippen LogP contribution in [-0.2, 0) is 22.3 Å². The minimum Gasteiger partial charge on any atom is -0.348 e. The molecule has 0 atom stereocenters. The number of halogens is 3. The second-order valence-corrected chi connectivity index (χ2v) is 7.34. The summed E-state index contributed by atoms with van der Waals surface area (Å²) in [6.07, 6.45) is 2.36. The zero-order valence-electron chi connectivity index (χ0n) is 16.3. The van der Waals surface area contributed by atoms with E-state index in [1.165, 1.54) is 24.3 Å². The maximum Gasteiger partial charge on any atom is 0.416 e. The summed E-state index contributed by atoms with van der Waals surface area (Å²) in [5, 5.41) is 5.65. The first kappa shape index (κ1) is 21.6. The van der Waals surface area contributed by atoms with Crippen LogP contribution in [-0.4, -0.2) is 11.8 Å². The lowest BCUT2D eigenvalue weighted by molar-refractivity contribution is -0.137. The van der Waals surface area contributed by atoms with E-state index in [1.807, 2.05) is 24.3 Å². The first-order chi connectivity index (χ1) is 14.3. The molecule has 2 aromatic rings. The fourth-order valence-electron chi connectivity index (χ4n) is 3.39. The summed E-state index contributed by atoms with van der Waals surface area (Å²) in [6.45, 7) is 0.267. The number of rotatable bonds is 6. The Kier molecular flexibility index (Phi) is 6.92. The standard InChI is InChI=1S/C23H23F3N2O2/c24-23(25,26)19-11-8-16(9-12-19)10-13-21(29)27-15-17-4-3-7-20(14-17)28-22(30)18-5-1-2-6-18/h3-4,7-14,18H,1-2,5-6,15H2,(H,27,29)(H,28,30)/b13-10+. The molecule has 0 unspecified atom stereocenters. The summed E-state index contributed by atoms with van der Waals surface area (Å²) >= 11 is 0. The molecule has 4 nitrogen and oxygen atoms in total. The van der Waals surface area contributed by atoms with E-state index in [2.05, 4.69) is 10.6 Å². The Balaban J connectivity index is 1.50. The topological polar surface area (TPSA) is 58.2 Å². The number of carbonyl (C=O) groups excluding carboxylic acids is 2. The molecule has 1 aliphatic rings. The lowest BCUT2D eigenvalue weighted by Gasteiger charge is -2.11. The largest absolute Gasteiger partial charge is 0.416 e. The van der Waals surface area contributed by atoms with Gasteiger partial charge in [0, 0.05) is 24.2 Å². The van der Waals surface area contributed by atoms with Crippen molar-refractivity contribution in [1.82, 2.24) is 5.32 Å². The first-order valence-corrected chi connectivity index (χ1v) is 9.84. The van der Waals surface area contributed by atoms with Crippen LogP contribution in [0.5, 0.6) is 0 Å². The molecule has 30 heavy (non-hydrogen) atoms. The molecule has 0 radical (unpaired) electrons. The predicted octanol–water partition coefficient (Wildman–Crippen LogP) is 5.16. The van der Waals surface area contributed by atoms with Crippen molar-refractivity contribution in [3.8, 4) is 0 Å². The smallest absolute Gasteiger partial charge is 0.348 e. The molecule has 2 amide bonds. The third-order valence-electron chi connectivity index (χ3n) is 5.05. The molecule has 0 saturated heterocycles. The van der Waals surface area contributed by atoms with Gasteiger partial charge in [0.15, 0.2) is 0 Å². The zero-order chi connectivity index (χ0) is 21.6. The Morgan fingerprint density at radius 2 is 1.73 bits per heavy atom. The van der Waals surface area contributed by atoms with Crippen LogP contribution in [0.1, 0.15) is 42.4 Å². The molecule has 0 aliphatic heterocycles. The van der Waals surface area contributed by atoms with E-state index >= 15 is 0 Å². The number of nitrogens with one attached hydrogen (secondary N) is 2. The monoisotopic (exact) mass is 416 g/mol. The van der Waals surface area contributed by atoms with Gasteiger partial charge in [-0.15, -0.1) is 0 Å². The number of alkyl halides is 3. The van der Waals surface area contributed by atoms with Crippen molar-refractivity contribution < 1.29 is 22.8 Å². The van der Waals surface area contributed by atoms with Crippen LogP contribution >= 0.6 is 0 Å². The highest BCUT2D eigenvalue weighted by atomic mass is 19.4. The average molecular weight is 416 g/mol. The van der Waals surface area contributed by atoms with E-state index < -0.39 is 11.7 Å². The summed E-state index contributed by atoms with van der Waals surface area (Å²) in [6, 6.07) is 11.8. The number of amides is 2. The Morgan fingerprint density at radius 3 is 2.40 bits per heavy atom. The van der Waals surface area contributed by atoms with Crippen molar-refractivity contribution in [3.05, 3.63) is 71.3 Å². The van der Waals surface area contributed by atoms with Gasteiger partial charge >= 0.3 is 6.18 Å². The molecule has 0 aromatic heterocycles. The molecule has 2 N–H and O–H groups in total. The Labute approximate surface area is 173 Å². The Morgan fingerprint density at radius 1 is 1.03 bits per heavy atom. The van der Waals surface area contributed by atoms with E-state index in [1.54, 1.807) is 0 Å². The minimum atomic E-state index is -4.38. The second-order valence-electron chi connectivity index (χ2n) is 7.34. The van der Waals surface area contributed by atoms with Crippen molar-refractivity contribution in [2.24, 2.45) is 5.92 Å². The molecular formula is C23H23F3N2O2. The lowest BCUT2D eigenvalue weighted by atomic mass is 10.1. The van der Waals surface area contributed by atoms with Crippen molar-refractivity contribution >= 4 is 23.6 Å². The Hall–Kier alpha value is -3.09. The molecule has 158 valence electrons. The van der Waals surface area contributed by atoms with Crippen LogP contribution in [0.4, 0.5) is 18.9 Å². The van der Waals surface area contributed by atoms with Crippen molar-refractivity contribution in [2.75, 3.05) is 5.32 Å².